The monoisotopic (exact) mass is 142 g/mol. The van der Waals surface area contributed by atoms with Gasteiger partial charge in [-0.15, -0.1) is 0 Å². The molecule has 0 aliphatic heterocycles. The van der Waals surface area contributed by atoms with Crippen LogP contribution in [0.2, 0.25) is 0 Å². The quantitative estimate of drug-likeness (QED) is 0.504. The maximum absolute atomic E-state index is 10.9. The van der Waals surface area contributed by atoms with Gasteiger partial charge in [-0.3, -0.25) is 4.79 Å². The molecule has 0 saturated heterocycles. The second-order valence-corrected chi connectivity index (χ2v) is 3.83. The molecule has 0 aromatic heterocycles. The first kappa shape index (κ1) is 5.78. The minimum atomic E-state index is 0.400. The van der Waals surface area contributed by atoms with Crippen molar-refractivity contribution in [3.8, 4) is 0 Å². The topological polar surface area (TPSA) is 17.1 Å². The maximum atomic E-state index is 10.9. The summed E-state index contributed by atoms with van der Waals surface area (Å²) in [6.07, 6.45) is 3.00. The molecule has 3 unspecified atom stereocenters. The van der Waals surface area contributed by atoms with Crippen molar-refractivity contribution in [1.29, 1.82) is 0 Å². The molecule has 9 heavy (non-hydrogen) atoms. The third-order valence-electron chi connectivity index (χ3n) is 2.58. The molecule has 0 N–H and O–H groups in total. The highest BCUT2D eigenvalue weighted by Crippen LogP contribution is 2.44. The number of ketones is 1. The van der Waals surface area contributed by atoms with Gasteiger partial charge in [0, 0.05) is 17.6 Å². The molecule has 0 radical (unpaired) electrons. The molecule has 2 saturated carbocycles. The van der Waals surface area contributed by atoms with Crippen LogP contribution in [0.3, 0.4) is 0 Å². The molecular formula is C7H10OS. The van der Waals surface area contributed by atoms with Crippen molar-refractivity contribution >= 4 is 18.4 Å². The summed E-state index contributed by atoms with van der Waals surface area (Å²) < 4.78 is 0. The van der Waals surface area contributed by atoms with Gasteiger partial charge in [0.2, 0.25) is 0 Å². The number of carbonyl (C=O) groups excluding carboxylic acids is 1. The fourth-order valence-corrected chi connectivity index (χ4v) is 2.49. The molecule has 0 aromatic carbocycles. The standard InChI is InChI=1S/C7H10OS/c8-6-2-5-1-4(6)3-7(5)9/h4-5,7,9H,1-3H2. The van der Waals surface area contributed by atoms with Crippen molar-refractivity contribution in [2.24, 2.45) is 11.8 Å². The van der Waals surface area contributed by atoms with Crippen LogP contribution < -0.4 is 0 Å². The fourth-order valence-electron chi connectivity index (χ4n) is 2.01. The summed E-state index contributed by atoms with van der Waals surface area (Å²) in [4.78, 5) is 10.9. The van der Waals surface area contributed by atoms with Gasteiger partial charge in [-0.2, -0.15) is 12.6 Å². The summed E-state index contributed by atoms with van der Waals surface area (Å²) >= 11 is 4.39. The Balaban J connectivity index is 2.19. The lowest BCUT2D eigenvalue weighted by Gasteiger charge is -2.13. The molecule has 2 aliphatic rings. The van der Waals surface area contributed by atoms with Crippen LogP contribution in [0, 0.1) is 11.8 Å². The molecule has 2 bridgehead atoms. The van der Waals surface area contributed by atoms with Gasteiger partial charge in [0.1, 0.15) is 5.78 Å². The molecule has 0 heterocycles. The highest BCUT2D eigenvalue weighted by Gasteiger charge is 2.43. The molecule has 0 spiro atoms. The Hall–Kier alpha value is 0.0200. The van der Waals surface area contributed by atoms with E-state index in [4.69, 9.17) is 0 Å². The molecule has 2 rings (SSSR count). The van der Waals surface area contributed by atoms with Crippen molar-refractivity contribution in [3.05, 3.63) is 0 Å². The summed E-state index contributed by atoms with van der Waals surface area (Å²) in [6, 6.07) is 0. The number of fused-ring (bicyclic) bond motifs is 2. The second-order valence-electron chi connectivity index (χ2n) is 3.17. The van der Waals surface area contributed by atoms with Crippen LogP contribution in [-0.2, 0) is 4.79 Å². The average Bonchev–Trinajstić information content (AvgIpc) is 2.24. The molecular weight excluding hydrogens is 132 g/mol. The van der Waals surface area contributed by atoms with Crippen LogP contribution in [0.5, 0.6) is 0 Å². The number of hydrogen-bond acceptors (Lipinski definition) is 2. The van der Waals surface area contributed by atoms with E-state index in [1.165, 1.54) is 0 Å². The van der Waals surface area contributed by atoms with Crippen LogP contribution in [0.25, 0.3) is 0 Å². The highest BCUT2D eigenvalue weighted by molar-refractivity contribution is 7.81. The zero-order valence-corrected chi connectivity index (χ0v) is 6.10. The van der Waals surface area contributed by atoms with Crippen molar-refractivity contribution in [3.63, 3.8) is 0 Å². The van der Waals surface area contributed by atoms with Gasteiger partial charge in [-0.25, -0.2) is 0 Å². The zero-order valence-electron chi connectivity index (χ0n) is 5.21. The predicted octanol–water partition coefficient (Wildman–Crippen LogP) is 1.28. The first-order valence-corrected chi connectivity index (χ1v) is 4.00. The van der Waals surface area contributed by atoms with E-state index in [9.17, 15) is 4.79 Å². The van der Waals surface area contributed by atoms with Crippen molar-refractivity contribution < 1.29 is 4.79 Å². The van der Waals surface area contributed by atoms with E-state index in [2.05, 4.69) is 12.6 Å². The molecule has 0 amide bonds. The van der Waals surface area contributed by atoms with Gasteiger partial charge in [-0.05, 0) is 18.8 Å². The smallest absolute Gasteiger partial charge is 0.136 e. The van der Waals surface area contributed by atoms with Crippen molar-refractivity contribution in [2.75, 3.05) is 0 Å². The molecule has 2 aliphatic carbocycles. The minimum Gasteiger partial charge on any atom is -0.299 e. The maximum Gasteiger partial charge on any atom is 0.136 e. The zero-order chi connectivity index (χ0) is 6.43. The average molecular weight is 142 g/mol. The molecule has 2 heteroatoms. The van der Waals surface area contributed by atoms with Crippen LogP contribution in [0.15, 0.2) is 0 Å². The van der Waals surface area contributed by atoms with E-state index in [1.807, 2.05) is 0 Å². The van der Waals surface area contributed by atoms with Crippen molar-refractivity contribution in [2.45, 2.75) is 24.5 Å². The van der Waals surface area contributed by atoms with Gasteiger partial charge in [0.25, 0.3) is 0 Å². The molecule has 50 valence electrons. The van der Waals surface area contributed by atoms with Gasteiger partial charge >= 0.3 is 0 Å². The fraction of sp³-hybridized carbons (Fsp3) is 0.857. The third-order valence-corrected chi connectivity index (χ3v) is 3.21. The van der Waals surface area contributed by atoms with Gasteiger partial charge in [-0.1, -0.05) is 0 Å². The first-order chi connectivity index (χ1) is 4.27. The van der Waals surface area contributed by atoms with Crippen LogP contribution >= 0.6 is 12.6 Å². The van der Waals surface area contributed by atoms with E-state index < -0.39 is 0 Å². The van der Waals surface area contributed by atoms with E-state index in [1.54, 1.807) is 0 Å². The normalized spacial score (nSPS) is 48.6. The lowest BCUT2D eigenvalue weighted by molar-refractivity contribution is -0.121. The SMILES string of the molecule is O=C1CC2CC1CC2S. The number of Topliss-reactive ketones (excluding diaryl/α,β-unsaturated/α-hetero) is 1. The minimum absolute atomic E-state index is 0.400. The molecule has 2 fully saturated rings. The van der Waals surface area contributed by atoms with Crippen LogP contribution in [0.1, 0.15) is 19.3 Å². The van der Waals surface area contributed by atoms with Gasteiger partial charge < -0.3 is 0 Å². The first-order valence-electron chi connectivity index (χ1n) is 3.48. The summed E-state index contributed by atoms with van der Waals surface area (Å²) in [6.45, 7) is 0. The highest BCUT2D eigenvalue weighted by atomic mass is 32.1. The van der Waals surface area contributed by atoms with E-state index in [-0.39, 0.29) is 0 Å². The van der Waals surface area contributed by atoms with Crippen molar-refractivity contribution in [1.82, 2.24) is 0 Å². The second kappa shape index (κ2) is 1.75. The van der Waals surface area contributed by atoms with E-state index >= 15 is 0 Å². The predicted molar refractivity (Wildman–Crippen MR) is 38.6 cm³/mol. The number of rotatable bonds is 0. The summed E-state index contributed by atoms with van der Waals surface area (Å²) in [5.41, 5.74) is 0. The summed E-state index contributed by atoms with van der Waals surface area (Å²) in [5.74, 6) is 1.52. The Morgan fingerprint density at radius 3 is 2.56 bits per heavy atom. The molecule has 3 atom stereocenters. The van der Waals surface area contributed by atoms with Crippen LogP contribution in [0.4, 0.5) is 0 Å². The largest absolute Gasteiger partial charge is 0.299 e. The Morgan fingerprint density at radius 2 is 2.22 bits per heavy atom. The number of carbonyl (C=O) groups is 1. The lowest BCUT2D eigenvalue weighted by atomic mass is 9.99. The number of hydrogen-bond donors (Lipinski definition) is 1. The summed E-state index contributed by atoms with van der Waals surface area (Å²) in [5, 5.41) is 0.535. The Labute approximate surface area is 60.2 Å². The lowest BCUT2D eigenvalue weighted by Crippen LogP contribution is -2.16. The molecule has 1 nitrogen and oxygen atoms in total. The Morgan fingerprint density at radius 1 is 1.44 bits per heavy atom. The third kappa shape index (κ3) is 0.725. The van der Waals surface area contributed by atoms with Gasteiger partial charge in [0.05, 0.1) is 0 Å². The van der Waals surface area contributed by atoms with Crippen LogP contribution in [-0.4, -0.2) is 11.0 Å². The Kier molecular flexibility index (Phi) is 1.12. The molecule has 0 aromatic rings. The number of thiol groups is 1. The summed E-state index contributed by atoms with van der Waals surface area (Å²) in [7, 11) is 0. The van der Waals surface area contributed by atoms with Gasteiger partial charge in [0.15, 0.2) is 0 Å². The van der Waals surface area contributed by atoms with E-state index in [0.29, 0.717) is 22.9 Å². The van der Waals surface area contributed by atoms with E-state index in [0.717, 1.165) is 19.3 Å². The Bertz CT molecular complexity index is 153.